The smallest absolute Gasteiger partial charge is 0.291 e. The first-order valence-corrected chi connectivity index (χ1v) is 9.82. The molecule has 2 aromatic heterocycles. The molecule has 0 spiro atoms. The quantitative estimate of drug-likeness (QED) is 0.712. The van der Waals surface area contributed by atoms with Gasteiger partial charge in [0, 0.05) is 12.6 Å². The van der Waals surface area contributed by atoms with E-state index < -0.39 is 0 Å². The number of nitrogens with zero attached hydrogens (tertiary/aromatic N) is 1. The summed E-state index contributed by atoms with van der Waals surface area (Å²) in [5.41, 5.74) is 1.25. The van der Waals surface area contributed by atoms with Crippen LogP contribution in [0.5, 0.6) is 0 Å². The molecule has 1 aliphatic heterocycles. The molecule has 3 aromatic rings. The lowest BCUT2D eigenvalue weighted by atomic mass is 10.0. The fourth-order valence-corrected chi connectivity index (χ4v) is 4.30. The van der Waals surface area contributed by atoms with Gasteiger partial charge in [-0.2, -0.15) is 0 Å². The van der Waals surface area contributed by atoms with Crippen molar-refractivity contribution in [2.24, 2.45) is 0 Å². The van der Waals surface area contributed by atoms with E-state index in [2.05, 4.69) is 17.4 Å². The van der Waals surface area contributed by atoms with Gasteiger partial charge in [-0.3, -0.25) is 9.59 Å². The van der Waals surface area contributed by atoms with Crippen LogP contribution < -0.4 is 5.32 Å². The van der Waals surface area contributed by atoms with Crippen molar-refractivity contribution in [3.8, 4) is 0 Å². The first-order valence-electron chi connectivity index (χ1n) is 9.00. The van der Waals surface area contributed by atoms with Crippen LogP contribution in [0.4, 0.5) is 5.00 Å². The molecule has 27 heavy (non-hydrogen) atoms. The summed E-state index contributed by atoms with van der Waals surface area (Å²) >= 11 is 1.30. The minimum absolute atomic E-state index is 0.0388. The highest BCUT2D eigenvalue weighted by Gasteiger charge is 2.30. The average Bonchev–Trinajstić information content (AvgIpc) is 3.44. The zero-order valence-electron chi connectivity index (χ0n) is 14.8. The van der Waals surface area contributed by atoms with Crippen LogP contribution in [0.2, 0.25) is 0 Å². The van der Waals surface area contributed by atoms with Crippen LogP contribution in [0.3, 0.4) is 0 Å². The van der Waals surface area contributed by atoms with Crippen LogP contribution in [-0.2, 0) is 6.42 Å². The normalized spacial score (nSPS) is 16.4. The lowest BCUT2D eigenvalue weighted by molar-refractivity contribution is 0.0741. The molecule has 1 unspecified atom stereocenters. The summed E-state index contributed by atoms with van der Waals surface area (Å²) in [5, 5.41) is 3.41. The molecular weight excluding hydrogens is 360 g/mol. The third-order valence-corrected chi connectivity index (χ3v) is 5.74. The Kier molecular flexibility index (Phi) is 5.07. The summed E-state index contributed by atoms with van der Waals surface area (Å²) in [5.74, 6) is -0.0281. The van der Waals surface area contributed by atoms with Crippen molar-refractivity contribution in [3.05, 3.63) is 77.1 Å². The molecule has 4 rings (SSSR count). The molecule has 0 bridgehead atoms. The number of nitrogens with one attached hydrogen (secondary N) is 1. The van der Waals surface area contributed by atoms with E-state index in [1.165, 1.54) is 23.2 Å². The van der Waals surface area contributed by atoms with Crippen LogP contribution in [0.1, 0.15) is 38.6 Å². The van der Waals surface area contributed by atoms with Gasteiger partial charge in [0.05, 0.1) is 16.1 Å². The predicted molar refractivity (Wildman–Crippen MR) is 105 cm³/mol. The second-order valence-electron chi connectivity index (χ2n) is 6.58. The predicted octanol–water partition coefficient (Wildman–Crippen LogP) is 4.44. The van der Waals surface area contributed by atoms with Crippen LogP contribution in [0.15, 0.2) is 65.3 Å². The van der Waals surface area contributed by atoms with E-state index in [0.717, 1.165) is 25.8 Å². The molecule has 0 saturated carbocycles. The van der Waals surface area contributed by atoms with Gasteiger partial charge in [0.25, 0.3) is 11.8 Å². The Labute approximate surface area is 161 Å². The lowest BCUT2D eigenvalue weighted by Crippen LogP contribution is -2.36. The van der Waals surface area contributed by atoms with Crippen LogP contribution in [-0.4, -0.2) is 29.3 Å². The van der Waals surface area contributed by atoms with Crippen molar-refractivity contribution in [1.82, 2.24) is 4.90 Å². The number of furan rings is 1. The van der Waals surface area contributed by atoms with Gasteiger partial charge in [0.1, 0.15) is 0 Å². The van der Waals surface area contributed by atoms with E-state index in [-0.39, 0.29) is 23.6 Å². The lowest BCUT2D eigenvalue weighted by Gasteiger charge is -2.24. The summed E-state index contributed by atoms with van der Waals surface area (Å²) in [7, 11) is 0. The second-order valence-corrected chi connectivity index (χ2v) is 7.66. The highest BCUT2D eigenvalue weighted by molar-refractivity contribution is 7.18. The van der Waals surface area contributed by atoms with Crippen molar-refractivity contribution in [3.63, 3.8) is 0 Å². The number of likely N-dealkylation sites (tertiary alicyclic amines) is 1. The molecule has 5 nitrogen and oxygen atoms in total. The number of carbonyl (C=O) groups is 2. The zero-order valence-corrected chi connectivity index (χ0v) is 15.6. The van der Waals surface area contributed by atoms with Gasteiger partial charge in [-0.25, -0.2) is 0 Å². The van der Waals surface area contributed by atoms with Crippen LogP contribution >= 0.6 is 11.3 Å². The van der Waals surface area contributed by atoms with Gasteiger partial charge in [-0.15, -0.1) is 11.3 Å². The number of rotatable bonds is 5. The van der Waals surface area contributed by atoms with Crippen LogP contribution in [0.25, 0.3) is 0 Å². The highest BCUT2D eigenvalue weighted by atomic mass is 32.1. The largest absolute Gasteiger partial charge is 0.459 e. The Morgan fingerprint density at radius 1 is 1.11 bits per heavy atom. The van der Waals surface area contributed by atoms with Gasteiger partial charge in [-0.1, -0.05) is 30.3 Å². The summed E-state index contributed by atoms with van der Waals surface area (Å²) in [6.07, 6.45) is 4.38. The van der Waals surface area contributed by atoms with E-state index in [1.54, 1.807) is 24.3 Å². The molecule has 1 aliphatic rings. The van der Waals surface area contributed by atoms with Crippen molar-refractivity contribution in [2.45, 2.75) is 25.3 Å². The Hall–Kier alpha value is -2.86. The first kappa shape index (κ1) is 17.5. The van der Waals surface area contributed by atoms with E-state index in [4.69, 9.17) is 4.42 Å². The second kappa shape index (κ2) is 7.80. The summed E-state index contributed by atoms with van der Waals surface area (Å²) < 4.78 is 5.09. The minimum atomic E-state index is -0.316. The number of carbonyl (C=O) groups excluding carboxylic acids is 2. The van der Waals surface area contributed by atoms with Crippen molar-refractivity contribution >= 4 is 28.2 Å². The SMILES string of the molecule is O=C(Nc1ccc(C(=O)N2CCCC2Cc2ccccc2)s1)c1ccco1. The molecule has 1 atom stereocenters. The average molecular weight is 380 g/mol. The van der Waals surface area contributed by atoms with Crippen molar-refractivity contribution in [2.75, 3.05) is 11.9 Å². The minimum Gasteiger partial charge on any atom is -0.459 e. The van der Waals surface area contributed by atoms with Gasteiger partial charge >= 0.3 is 0 Å². The van der Waals surface area contributed by atoms with E-state index in [9.17, 15) is 9.59 Å². The summed E-state index contributed by atoms with van der Waals surface area (Å²) in [4.78, 5) is 27.7. The number of benzene rings is 1. The van der Waals surface area contributed by atoms with Gasteiger partial charge in [0.15, 0.2) is 5.76 Å². The number of amides is 2. The fraction of sp³-hybridized carbons (Fsp3) is 0.238. The maximum absolute atomic E-state index is 13.0. The topological polar surface area (TPSA) is 62.6 Å². The molecule has 3 heterocycles. The Morgan fingerprint density at radius 2 is 1.96 bits per heavy atom. The molecule has 138 valence electrons. The zero-order chi connectivity index (χ0) is 18.6. The monoisotopic (exact) mass is 380 g/mol. The number of hydrogen-bond acceptors (Lipinski definition) is 4. The molecule has 6 heteroatoms. The number of thiophene rings is 1. The summed E-state index contributed by atoms with van der Waals surface area (Å²) in [6, 6.07) is 17.3. The standard InChI is InChI=1S/C21H20N2O3S/c24-20(17-9-5-13-26-17)22-19-11-10-18(27-19)21(25)23-12-4-8-16(23)14-15-6-2-1-3-7-15/h1-3,5-7,9-11,13,16H,4,8,12,14H2,(H,22,24). The third kappa shape index (κ3) is 3.95. The first-order chi connectivity index (χ1) is 13.2. The molecule has 1 fully saturated rings. The molecular formula is C21H20N2O3S. The highest BCUT2D eigenvalue weighted by Crippen LogP contribution is 2.28. The van der Waals surface area contributed by atoms with Gasteiger partial charge in [-0.05, 0) is 49.1 Å². The molecule has 0 radical (unpaired) electrons. The third-order valence-electron chi connectivity index (χ3n) is 4.75. The maximum atomic E-state index is 13.0. The van der Waals surface area contributed by atoms with Crippen LogP contribution in [0, 0.1) is 0 Å². The summed E-state index contributed by atoms with van der Waals surface area (Å²) in [6.45, 7) is 0.780. The molecule has 1 saturated heterocycles. The van der Waals surface area contributed by atoms with E-state index in [0.29, 0.717) is 9.88 Å². The van der Waals surface area contributed by atoms with Crippen molar-refractivity contribution < 1.29 is 14.0 Å². The number of anilines is 1. The number of hydrogen-bond donors (Lipinski definition) is 1. The van der Waals surface area contributed by atoms with Gasteiger partial charge < -0.3 is 14.6 Å². The Morgan fingerprint density at radius 3 is 2.74 bits per heavy atom. The fourth-order valence-electron chi connectivity index (χ4n) is 3.44. The Balaban J connectivity index is 1.43. The molecule has 1 N–H and O–H groups in total. The molecule has 0 aliphatic carbocycles. The molecule has 2 amide bonds. The van der Waals surface area contributed by atoms with Gasteiger partial charge in [0.2, 0.25) is 0 Å². The Bertz CT molecular complexity index is 918. The van der Waals surface area contributed by atoms with Crippen molar-refractivity contribution in [1.29, 1.82) is 0 Å². The van der Waals surface area contributed by atoms with E-state index >= 15 is 0 Å². The maximum Gasteiger partial charge on any atom is 0.291 e. The molecule has 1 aromatic carbocycles. The van der Waals surface area contributed by atoms with E-state index in [1.807, 2.05) is 23.1 Å².